The normalized spacial score (nSPS) is 20.7. The van der Waals surface area contributed by atoms with Gasteiger partial charge in [0.2, 0.25) is 5.36 Å². The van der Waals surface area contributed by atoms with Gasteiger partial charge in [-0.15, -0.1) is 0 Å². The Morgan fingerprint density at radius 3 is 2.66 bits per heavy atom. The minimum Gasteiger partial charge on any atom is -0.545 e. The average Bonchev–Trinajstić information content (AvgIpc) is 2.92. The maximum absolute atomic E-state index is 12.3. The maximum atomic E-state index is 12.3. The van der Waals surface area contributed by atoms with Crippen molar-refractivity contribution < 1.29 is 19.7 Å². The summed E-state index contributed by atoms with van der Waals surface area (Å²) in [6.07, 6.45) is 6.25. The van der Waals surface area contributed by atoms with Crippen LogP contribution in [0.15, 0.2) is 36.4 Å². The number of hydrogen-bond donors (Lipinski definition) is 1. The van der Waals surface area contributed by atoms with E-state index in [0.29, 0.717) is 18.5 Å². The van der Waals surface area contributed by atoms with E-state index in [9.17, 15) is 15.0 Å². The van der Waals surface area contributed by atoms with Crippen LogP contribution in [0.4, 0.5) is 5.69 Å². The SMILES string of the molecule is O=C([O-])c1ccccc1C1=c2cc3c4c(c2Oc2c1cc1c5c2CCCN5CCC1)C[C@H](O)C[N+]=4CCC3. The van der Waals surface area contributed by atoms with E-state index in [-0.39, 0.29) is 5.56 Å². The second-order valence-electron chi connectivity index (χ2n) is 11.4. The number of aromatic carboxylic acids is 1. The zero-order valence-corrected chi connectivity index (χ0v) is 21.4. The number of carboxylic acids is 1. The van der Waals surface area contributed by atoms with Gasteiger partial charge in [-0.3, -0.25) is 0 Å². The molecule has 6 heteroatoms. The summed E-state index contributed by atoms with van der Waals surface area (Å²) in [6, 6.07) is 11.7. The van der Waals surface area contributed by atoms with Crippen molar-refractivity contribution in [1.82, 2.24) is 4.58 Å². The van der Waals surface area contributed by atoms with Gasteiger partial charge in [-0.05, 0) is 55.4 Å². The Bertz CT molecular complexity index is 1690. The van der Waals surface area contributed by atoms with E-state index in [2.05, 4.69) is 21.6 Å². The molecule has 0 fully saturated rings. The van der Waals surface area contributed by atoms with Crippen molar-refractivity contribution in [2.24, 2.45) is 0 Å². The van der Waals surface area contributed by atoms with Gasteiger partial charge in [-0.25, -0.2) is 4.58 Å². The van der Waals surface area contributed by atoms with E-state index in [1.165, 1.54) is 27.7 Å². The first-order valence-electron chi connectivity index (χ1n) is 14.0. The number of benzene rings is 3. The number of carbonyl (C=O) groups excluding carboxylic acids is 1. The van der Waals surface area contributed by atoms with E-state index in [1.807, 2.05) is 12.1 Å². The Morgan fingerprint density at radius 1 is 0.974 bits per heavy atom. The van der Waals surface area contributed by atoms with E-state index in [4.69, 9.17) is 4.74 Å². The van der Waals surface area contributed by atoms with E-state index >= 15 is 0 Å². The zero-order valence-electron chi connectivity index (χ0n) is 21.4. The summed E-state index contributed by atoms with van der Waals surface area (Å²) in [5.74, 6) is 0.480. The smallest absolute Gasteiger partial charge is 0.210 e. The van der Waals surface area contributed by atoms with Crippen LogP contribution in [0, 0.1) is 0 Å². The quantitative estimate of drug-likeness (QED) is 0.417. The number of carboxylic acid groups (broad SMARTS) is 1. The van der Waals surface area contributed by atoms with Gasteiger partial charge >= 0.3 is 0 Å². The summed E-state index contributed by atoms with van der Waals surface area (Å²) < 4.78 is 9.28. The molecule has 1 N–H and O–H groups in total. The first kappa shape index (κ1) is 22.4. The molecule has 5 aliphatic rings. The summed E-state index contributed by atoms with van der Waals surface area (Å²) in [7, 11) is 0. The number of nitrogens with zero attached hydrogens (tertiary/aromatic N) is 2. The van der Waals surface area contributed by atoms with Crippen LogP contribution >= 0.6 is 0 Å². The van der Waals surface area contributed by atoms with E-state index in [1.54, 1.807) is 12.1 Å². The van der Waals surface area contributed by atoms with Crippen molar-refractivity contribution in [2.45, 2.75) is 51.0 Å². The minimum atomic E-state index is -1.17. The summed E-state index contributed by atoms with van der Waals surface area (Å²) in [5.41, 5.74) is 8.99. The highest BCUT2D eigenvalue weighted by Gasteiger charge is 2.37. The third-order valence-electron chi connectivity index (χ3n) is 9.12. The van der Waals surface area contributed by atoms with Crippen LogP contribution in [0.3, 0.4) is 0 Å². The molecule has 5 aliphatic heterocycles. The van der Waals surface area contributed by atoms with Gasteiger partial charge in [0.1, 0.15) is 24.1 Å². The van der Waals surface area contributed by atoms with E-state index < -0.39 is 12.1 Å². The largest absolute Gasteiger partial charge is 0.545 e. The lowest BCUT2D eigenvalue weighted by molar-refractivity contribution is -0.255. The molecule has 0 unspecified atom stereocenters. The summed E-state index contributed by atoms with van der Waals surface area (Å²) in [6.45, 7) is 3.72. The van der Waals surface area contributed by atoms with Crippen LogP contribution in [0.2, 0.25) is 0 Å². The number of carbonyl (C=O) groups is 1. The lowest BCUT2D eigenvalue weighted by atomic mass is 9.81. The number of anilines is 1. The lowest BCUT2D eigenvalue weighted by Gasteiger charge is -2.39. The molecule has 8 rings (SSSR count). The van der Waals surface area contributed by atoms with E-state index in [0.717, 1.165) is 91.6 Å². The van der Waals surface area contributed by atoms with Crippen LogP contribution in [-0.2, 0) is 25.7 Å². The first-order valence-corrected chi connectivity index (χ1v) is 14.0. The Kier molecular flexibility index (Phi) is 4.81. The molecule has 192 valence electrons. The van der Waals surface area contributed by atoms with Gasteiger partial charge < -0.3 is 24.6 Å². The number of aliphatic hydroxyl groups is 1. The Hall–Kier alpha value is -3.64. The molecule has 3 aromatic rings. The molecule has 0 aromatic heterocycles. The molecular weight excluding hydrogens is 476 g/mol. The highest BCUT2D eigenvalue weighted by Crippen LogP contribution is 2.48. The average molecular weight is 507 g/mol. The van der Waals surface area contributed by atoms with Gasteiger partial charge in [-0.1, -0.05) is 24.3 Å². The maximum Gasteiger partial charge on any atom is 0.210 e. The first-order chi connectivity index (χ1) is 18.6. The molecule has 0 amide bonds. The molecule has 5 heterocycles. The monoisotopic (exact) mass is 506 g/mol. The van der Waals surface area contributed by atoms with Crippen molar-refractivity contribution in [3.05, 3.63) is 85.9 Å². The molecule has 0 aliphatic carbocycles. The molecule has 1 atom stereocenters. The number of aliphatic hydroxyl groups excluding tert-OH is 1. The number of fused-ring (bicyclic) bond motifs is 4. The van der Waals surface area contributed by atoms with Crippen molar-refractivity contribution in [2.75, 3.05) is 31.1 Å². The van der Waals surface area contributed by atoms with Crippen LogP contribution in [0.25, 0.3) is 5.57 Å². The summed E-state index contributed by atoms with van der Waals surface area (Å²) >= 11 is 0. The molecule has 0 bridgehead atoms. The highest BCUT2D eigenvalue weighted by atomic mass is 16.5. The van der Waals surface area contributed by atoms with Gasteiger partial charge in [0.25, 0.3) is 0 Å². The number of aryl methyl sites for hydroxylation is 2. The van der Waals surface area contributed by atoms with Crippen molar-refractivity contribution >= 4 is 17.2 Å². The van der Waals surface area contributed by atoms with Gasteiger partial charge in [-0.2, -0.15) is 0 Å². The van der Waals surface area contributed by atoms with Crippen molar-refractivity contribution in [3.8, 4) is 11.5 Å². The fraction of sp³-hybridized carbons (Fsp3) is 0.375. The van der Waals surface area contributed by atoms with Crippen LogP contribution in [0.1, 0.15) is 63.0 Å². The Labute approximate surface area is 221 Å². The molecule has 3 aromatic carbocycles. The van der Waals surface area contributed by atoms with Crippen molar-refractivity contribution in [1.29, 1.82) is 0 Å². The fourth-order valence-electron chi connectivity index (χ4n) is 7.71. The van der Waals surface area contributed by atoms with Crippen LogP contribution in [0.5, 0.6) is 11.5 Å². The van der Waals surface area contributed by atoms with Crippen LogP contribution in [-0.4, -0.2) is 43.4 Å². The second kappa shape index (κ2) is 8.18. The number of rotatable bonds is 2. The second-order valence-corrected chi connectivity index (χ2v) is 11.4. The molecule has 0 radical (unpaired) electrons. The highest BCUT2D eigenvalue weighted by molar-refractivity contribution is 5.98. The molecular formula is C32H30N2O4. The number of ether oxygens (including phenoxy) is 1. The van der Waals surface area contributed by atoms with Crippen LogP contribution < -0.4 is 29.9 Å². The summed E-state index contributed by atoms with van der Waals surface area (Å²) in [5, 5.41) is 25.4. The molecule has 0 saturated carbocycles. The standard InChI is InChI=1S/C32H30N2O4/c35-20-16-26-29-19(7-4-13-34(29)17-20)15-25-27(21-8-1-2-9-22(21)32(36)37)24-14-18-6-3-11-33-12-5-10-23(28(18)33)30(24)38-31(25)26/h1-2,8-9,14-15,20,35H,3-7,10-13,16-17H2/t20-/m0/s1. The molecule has 38 heavy (non-hydrogen) atoms. The topological polar surface area (TPSA) is 75.8 Å². The minimum absolute atomic E-state index is 0.197. The van der Waals surface area contributed by atoms with Crippen molar-refractivity contribution in [3.63, 3.8) is 0 Å². The third-order valence-corrected chi connectivity index (χ3v) is 9.12. The van der Waals surface area contributed by atoms with Gasteiger partial charge in [0.15, 0.2) is 6.54 Å². The predicted octanol–water partition coefficient (Wildman–Crippen LogP) is 1.46. The summed E-state index contributed by atoms with van der Waals surface area (Å²) in [4.78, 5) is 14.9. The fourth-order valence-corrected chi connectivity index (χ4v) is 7.71. The predicted molar refractivity (Wildman–Crippen MR) is 142 cm³/mol. The van der Waals surface area contributed by atoms with Gasteiger partial charge in [0, 0.05) is 64.7 Å². The molecule has 6 nitrogen and oxygen atoms in total. The lowest BCUT2D eigenvalue weighted by Crippen LogP contribution is -2.50. The number of hydrogen-bond acceptors (Lipinski definition) is 5. The molecule has 0 saturated heterocycles. The zero-order chi connectivity index (χ0) is 25.5. The Morgan fingerprint density at radius 2 is 1.79 bits per heavy atom. The third kappa shape index (κ3) is 3.10. The Balaban J connectivity index is 1.54. The molecule has 0 spiro atoms. The van der Waals surface area contributed by atoms with Gasteiger partial charge in [0.05, 0.1) is 11.5 Å².